The minimum absolute atomic E-state index is 0.00914. The Labute approximate surface area is 116 Å². The summed E-state index contributed by atoms with van der Waals surface area (Å²) in [4.78, 5) is 12.0. The van der Waals surface area contributed by atoms with Gasteiger partial charge in [0.15, 0.2) is 5.78 Å². The van der Waals surface area contributed by atoms with Crippen molar-refractivity contribution in [2.75, 3.05) is 0 Å². The Balaban J connectivity index is 2.15. The summed E-state index contributed by atoms with van der Waals surface area (Å²) in [5, 5.41) is 12.7. The van der Waals surface area contributed by atoms with Crippen LogP contribution < -0.4 is 5.32 Å². The van der Waals surface area contributed by atoms with Crippen molar-refractivity contribution in [2.45, 2.75) is 71.3 Å². The van der Waals surface area contributed by atoms with Crippen molar-refractivity contribution >= 4 is 5.78 Å². The Morgan fingerprint density at radius 2 is 1.79 bits per heavy atom. The maximum Gasteiger partial charge on any atom is 0.175 e. The fourth-order valence-electron chi connectivity index (χ4n) is 3.24. The fraction of sp³-hybridized carbons (Fsp3) is 0.750. The number of nitrogens with one attached hydrogen (secondary N) is 1. The first-order valence-electron chi connectivity index (χ1n) is 7.45. The highest BCUT2D eigenvalue weighted by Gasteiger charge is 2.33. The lowest BCUT2D eigenvalue weighted by atomic mass is 9.76. The van der Waals surface area contributed by atoms with Crippen molar-refractivity contribution in [3.8, 4) is 6.07 Å². The summed E-state index contributed by atoms with van der Waals surface area (Å²) in [7, 11) is 0. The Kier molecular flexibility index (Phi) is 4.29. The molecular formula is C16H24N2O. The van der Waals surface area contributed by atoms with E-state index >= 15 is 0 Å². The number of hydrogen-bond donors (Lipinski definition) is 1. The molecule has 0 aliphatic heterocycles. The smallest absolute Gasteiger partial charge is 0.175 e. The largest absolute Gasteiger partial charge is 0.384 e. The van der Waals surface area contributed by atoms with Gasteiger partial charge in [0.05, 0.1) is 0 Å². The lowest BCUT2D eigenvalue weighted by molar-refractivity contribution is -0.117. The first-order valence-corrected chi connectivity index (χ1v) is 7.45. The second-order valence-electron chi connectivity index (χ2n) is 6.74. The van der Waals surface area contributed by atoms with Crippen molar-refractivity contribution in [1.29, 1.82) is 5.26 Å². The summed E-state index contributed by atoms with van der Waals surface area (Å²) in [6.07, 6.45) is 8.77. The van der Waals surface area contributed by atoms with Crippen LogP contribution in [0.15, 0.2) is 11.3 Å². The second kappa shape index (κ2) is 5.77. The summed E-state index contributed by atoms with van der Waals surface area (Å²) >= 11 is 0. The quantitative estimate of drug-likeness (QED) is 0.773. The number of rotatable bonds is 2. The molecule has 0 aromatic heterocycles. The lowest BCUT2D eigenvalue weighted by Crippen LogP contribution is -2.36. The van der Waals surface area contributed by atoms with Crippen LogP contribution in [0.3, 0.4) is 0 Å². The van der Waals surface area contributed by atoms with E-state index in [-0.39, 0.29) is 11.2 Å². The summed E-state index contributed by atoms with van der Waals surface area (Å²) in [6, 6.07) is 2.56. The molecule has 3 heteroatoms. The lowest BCUT2D eigenvalue weighted by Gasteiger charge is -2.32. The zero-order chi connectivity index (χ0) is 13.9. The molecule has 0 atom stereocenters. The monoisotopic (exact) mass is 260 g/mol. The molecule has 0 heterocycles. The molecule has 2 aliphatic rings. The molecular weight excluding hydrogens is 236 g/mol. The van der Waals surface area contributed by atoms with Crippen LogP contribution in [0.4, 0.5) is 0 Å². The second-order valence-corrected chi connectivity index (χ2v) is 6.74. The van der Waals surface area contributed by atoms with E-state index in [0.717, 1.165) is 25.0 Å². The van der Waals surface area contributed by atoms with Gasteiger partial charge in [0.1, 0.15) is 11.6 Å². The molecule has 0 spiro atoms. The van der Waals surface area contributed by atoms with E-state index in [2.05, 4.69) is 25.2 Å². The average molecular weight is 260 g/mol. The normalized spacial score (nSPS) is 24.8. The number of ketones is 1. The third-order valence-corrected chi connectivity index (χ3v) is 4.22. The number of carbonyl (C=O) groups excluding carboxylic acids is 1. The molecule has 0 aromatic rings. The maximum absolute atomic E-state index is 12.0. The number of Topliss-reactive ketones (excluding diaryl/α,β-unsaturated/α-hetero) is 1. The van der Waals surface area contributed by atoms with Gasteiger partial charge in [-0.25, -0.2) is 0 Å². The van der Waals surface area contributed by atoms with Gasteiger partial charge in [-0.2, -0.15) is 5.26 Å². The summed E-state index contributed by atoms with van der Waals surface area (Å²) in [5.41, 5.74) is 1.25. The zero-order valence-electron chi connectivity index (χ0n) is 12.1. The van der Waals surface area contributed by atoms with Crippen LogP contribution in [-0.2, 0) is 4.79 Å². The molecule has 0 bridgehead atoms. The first-order chi connectivity index (χ1) is 9.02. The Hall–Kier alpha value is -1.30. The molecule has 1 saturated carbocycles. The van der Waals surface area contributed by atoms with Crippen molar-refractivity contribution in [3.05, 3.63) is 11.3 Å². The standard InChI is InChI=1S/C16H24N2O/c1-16(2)9-14(13(11-17)15(19)10-16)18-12-7-5-3-4-6-8-12/h12,18H,3-10H2,1-2H3. The van der Waals surface area contributed by atoms with E-state index < -0.39 is 0 Å². The van der Waals surface area contributed by atoms with Crippen LogP contribution in [0.5, 0.6) is 0 Å². The van der Waals surface area contributed by atoms with E-state index in [1.54, 1.807) is 0 Å². The predicted octanol–water partition coefficient (Wildman–Crippen LogP) is 3.47. The van der Waals surface area contributed by atoms with Gasteiger partial charge in [-0.05, 0) is 24.7 Å². The minimum atomic E-state index is -0.0233. The number of nitriles is 1. The third kappa shape index (κ3) is 3.59. The average Bonchev–Trinajstić information content (AvgIpc) is 2.56. The van der Waals surface area contributed by atoms with E-state index in [4.69, 9.17) is 0 Å². The predicted molar refractivity (Wildman–Crippen MR) is 75.3 cm³/mol. The van der Waals surface area contributed by atoms with Gasteiger partial charge >= 0.3 is 0 Å². The van der Waals surface area contributed by atoms with Crippen LogP contribution in [0.1, 0.15) is 65.2 Å². The van der Waals surface area contributed by atoms with E-state index in [1.807, 2.05) is 0 Å². The Morgan fingerprint density at radius 1 is 1.16 bits per heavy atom. The van der Waals surface area contributed by atoms with E-state index in [0.29, 0.717) is 18.0 Å². The summed E-state index contributed by atoms with van der Waals surface area (Å²) < 4.78 is 0. The van der Waals surface area contributed by atoms with Crippen LogP contribution in [0.2, 0.25) is 0 Å². The van der Waals surface area contributed by atoms with Gasteiger partial charge in [-0.1, -0.05) is 39.5 Å². The molecule has 1 fully saturated rings. The topological polar surface area (TPSA) is 52.9 Å². The summed E-state index contributed by atoms with van der Waals surface area (Å²) in [6.45, 7) is 4.21. The molecule has 0 amide bonds. The maximum atomic E-state index is 12.0. The SMILES string of the molecule is CC1(C)CC(=O)C(C#N)=C(NC2CCCCCC2)C1. The number of allylic oxidation sites excluding steroid dienone is 2. The van der Waals surface area contributed by atoms with Crippen LogP contribution >= 0.6 is 0 Å². The molecule has 0 radical (unpaired) electrons. The minimum Gasteiger partial charge on any atom is -0.384 e. The van der Waals surface area contributed by atoms with Crippen molar-refractivity contribution in [3.63, 3.8) is 0 Å². The highest BCUT2D eigenvalue weighted by molar-refractivity contribution is 6.01. The molecule has 0 unspecified atom stereocenters. The number of nitrogens with zero attached hydrogens (tertiary/aromatic N) is 1. The zero-order valence-corrected chi connectivity index (χ0v) is 12.1. The molecule has 0 aromatic carbocycles. The van der Waals surface area contributed by atoms with Gasteiger partial charge in [0.25, 0.3) is 0 Å². The van der Waals surface area contributed by atoms with E-state index in [1.165, 1.54) is 25.7 Å². The molecule has 104 valence electrons. The third-order valence-electron chi connectivity index (χ3n) is 4.22. The van der Waals surface area contributed by atoms with Crippen LogP contribution in [0, 0.1) is 16.7 Å². The van der Waals surface area contributed by atoms with Gasteiger partial charge in [0.2, 0.25) is 0 Å². The molecule has 1 N–H and O–H groups in total. The highest BCUT2D eigenvalue weighted by atomic mass is 16.1. The Morgan fingerprint density at radius 3 is 2.37 bits per heavy atom. The van der Waals surface area contributed by atoms with Gasteiger partial charge in [-0.15, -0.1) is 0 Å². The van der Waals surface area contributed by atoms with Gasteiger partial charge < -0.3 is 5.32 Å². The van der Waals surface area contributed by atoms with Crippen molar-refractivity contribution in [1.82, 2.24) is 5.32 Å². The number of hydrogen-bond acceptors (Lipinski definition) is 3. The molecule has 0 saturated heterocycles. The van der Waals surface area contributed by atoms with Gasteiger partial charge in [-0.3, -0.25) is 4.79 Å². The first kappa shape index (κ1) is 14.1. The van der Waals surface area contributed by atoms with Crippen LogP contribution in [-0.4, -0.2) is 11.8 Å². The molecule has 2 rings (SSSR count). The van der Waals surface area contributed by atoms with Gasteiger partial charge in [0, 0.05) is 18.2 Å². The Bertz CT molecular complexity index is 421. The fourth-order valence-corrected chi connectivity index (χ4v) is 3.24. The molecule has 2 aliphatic carbocycles. The highest BCUT2D eigenvalue weighted by Crippen LogP contribution is 2.36. The number of carbonyl (C=O) groups is 1. The molecule has 19 heavy (non-hydrogen) atoms. The van der Waals surface area contributed by atoms with Crippen molar-refractivity contribution < 1.29 is 4.79 Å². The molecule has 3 nitrogen and oxygen atoms in total. The van der Waals surface area contributed by atoms with E-state index in [9.17, 15) is 10.1 Å². The summed E-state index contributed by atoms with van der Waals surface area (Å²) in [5.74, 6) is 0.00914. The van der Waals surface area contributed by atoms with Crippen molar-refractivity contribution in [2.24, 2.45) is 5.41 Å². The van der Waals surface area contributed by atoms with Crippen LogP contribution in [0.25, 0.3) is 0 Å².